The summed E-state index contributed by atoms with van der Waals surface area (Å²) >= 11 is 0. The maximum atomic E-state index is 13.0. The summed E-state index contributed by atoms with van der Waals surface area (Å²) in [5.41, 5.74) is 0. The minimum Gasteiger partial charge on any atom is -0.462 e. The first kappa shape index (κ1) is 80.1. The molecular formula is C63H122O17P2. The van der Waals surface area contributed by atoms with Gasteiger partial charge in [0.2, 0.25) is 0 Å². The van der Waals surface area contributed by atoms with Crippen molar-refractivity contribution in [2.45, 2.75) is 335 Å². The van der Waals surface area contributed by atoms with Crippen molar-refractivity contribution in [1.29, 1.82) is 0 Å². The normalized spacial score (nSPS) is 14.3. The zero-order chi connectivity index (χ0) is 60.6. The van der Waals surface area contributed by atoms with Gasteiger partial charge in [-0.3, -0.25) is 37.3 Å². The molecular weight excluding hydrogens is 1090 g/mol. The van der Waals surface area contributed by atoms with E-state index in [0.29, 0.717) is 25.7 Å². The van der Waals surface area contributed by atoms with Crippen LogP contribution in [0.25, 0.3) is 0 Å². The van der Waals surface area contributed by atoms with E-state index in [1.54, 1.807) is 0 Å². The van der Waals surface area contributed by atoms with Crippen LogP contribution in [-0.4, -0.2) is 96.7 Å². The fourth-order valence-corrected chi connectivity index (χ4v) is 11.0. The molecule has 19 heteroatoms. The van der Waals surface area contributed by atoms with Gasteiger partial charge in [0.1, 0.15) is 19.3 Å². The van der Waals surface area contributed by atoms with Gasteiger partial charge in [0.05, 0.1) is 26.4 Å². The van der Waals surface area contributed by atoms with Crippen LogP contribution in [0.1, 0.15) is 317 Å². The second-order valence-electron chi connectivity index (χ2n) is 23.3. The van der Waals surface area contributed by atoms with Crippen molar-refractivity contribution in [3.05, 3.63) is 0 Å². The highest BCUT2D eigenvalue weighted by Gasteiger charge is 2.30. The van der Waals surface area contributed by atoms with E-state index in [1.807, 2.05) is 0 Å². The van der Waals surface area contributed by atoms with Gasteiger partial charge >= 0.3 is 39.5 Å². The van der Waals surface area contributed by atoms with E-state index < -0.39 is 97.5 Å². The summed E-state index contributed by atoms with van der Waals surface area (Å²) in [6.45, 7) is 7.05. The van der Waals surface area contributed by atoms with Crippen LogP contribution in [-0.2, 0) is 65.4 Å². The average molecular weight is 1210 g/mol. The predicted molar refractivity (Wildman–Crippen MR) is 326 cm³/mol. The number of esters is 4. The second kappa shape index (κ2) is 56.8. The Morgan fingerprint density at radius 1 is 0.329 bits per heavy atom. The molecule has 0 aromatic carbocycles. The van der Waals surface area contributed by atoms with Crippen LogP contribution in [0.4, 0.5) is 0 Å². The Morgan fingerprint density at radius 2 is 0.561 bits per heavy atom. The molecule has 0 radical (unpaired) electrons. The molecule has 17 nitrogen and oxygen atoms in total. The van der Waals surface area contributed by atoms with Crippen LogP contribution in [0.2, 0.25) is 0 Å². The number of rotatable bonds is 63. The van der Waals surface area contributed by atoms with E-state index in [4.69, 9.17) is 37.0 Å². The molecule has 0 aliphatic carbocycles. The van der Waals surface area contributed by atoms with Crippen LogP contribution >= 0.6 is 15.6 Å². The van der Waals surface area contributed by atoms with Gasteiger partial charge in [-0.1, -0.05) is 266 Å². The molecule has 0 bridgehead atoms. The Kier molecular flexibility index (Phi) is 55.5. The third-order valence-corrected chi connectivity index (χ3v) is 16.4. The first-order valence-electron chi connectivity index (χ1n) is 33.1. The molecule has 82 heavy (non-hydrogen) atoms. The first-order chi connectivity index (χ1) is 39.5. The Labute approximate surface area is 498 Å². The van der Waals surface area contributed by atoms with Gasteiger partial charge in [-0.25, -0.2) is 9.13 Å². The molecule has 0 heterocycles. The number of carbonyl (C=O) groups excluding carboxylic acids is 4. The number of phosphoric ester groups is 2. The molecule has 0 aromatic heterocycles. The highest BCUT2D eigenvalue weighted by molar-refractivity contribution is 7.47. The van der Waals surface area contributed by atoms with Crippen molar-refractivity contribution >= 4 is 39.5 Å². The highest BCUT2D eigenvalue weighted by Crippen LogP contribution is 2.45. The lowest BCUT2D eigenvalue weighted by atomic mass is 10.0. The smallest absolute Gasteiger partial charge is 0.462 e. The number of hydrogen-bond acceptors (Lipinski definition) is 15. The molecule has 0 aliphatic heterocycles. The monoisotopic (exact) mass is 1210 g/mol. The lowest BCUT2D eigenvalue weighted by Crippen LogP contribution is -2.30. The van der Waals surface area contributed by atoms with Gasteiger partial charge in [0.25, 0.3) is 0 Å². The highest BCUT2D eigenvalue weighted by atomic mass is 31.2. The second-order valence-corrected chi connectivity index (χ2v) is 26.2. The van der Waals surface area contributed by atoms with Gasteiger partial charge in [0.15, 0.2) is 12.2 Å². The molecule has 2 unspecified atom stereocenters. The van der Waals surface area contributed by atoms with Gasteiger partial charge in [-0.2, -0.15) is 0 Å². The fraction of sp³-hybridized carbons (Fsp3) is 0.937. The van der Waals surface area contributed by atoms with Crippen molar-refractivity contribution in [3.63, 3.8) is 0 Å². The summed E-state index contributed by atoms with van der Waals surface area (Å²) in [7, 11) is -9.87. The molecule has 0 aliphatic rings. The van der Waals surface area contributed by atoms with E-state index in [9.17, 15) is 43.2 Å². The number of unbranched alkanes of at least 4 members (excludes halogenated alkanes) is 35. The molecule has 0 fully saturated rings. The molecule has 0 saturated heterocycles. The van der Waals surface area contributed by atoms with Crippen molar-refractivity contribution in [2.24, 2.45) is 5.92 Å². The maximum Gasteiger partial charge on any atom is 0.472 e. The van der Waals surface area contributed by atoms with Crippen LogP contribution in [0.5, 0.6) is 0 Å². The van der Waals surface area contributed by atoms with Crippen LogP contribution in [0, 0.1) is 5.92 Å². The van der Waals surface area contributed by atoms with Crippen LogP contribution in [0.15, 0.2) is 0 Å². The van der Waals surface area contributed by atoms with E-state index in [1.165, 1.54) is 122 Å². The summed E-state index contributed by atoms with van der Waals surface area (Å²) in [5, 5.41) is 10.5. The lowest BCUT2D eigenvalue weighted by molar-refractivity contribution is -0.161. The third-order valence-electron chi connectivity index (χ3n) is 14.5. The van der Waals surface area contributed by atoms with Gasteiger partial charge in [0, 0.05) is 25.7 Å². The zero-order valence-corrected chi connectivity index (χ0v) is 54.4. The van der Waals surface area contributed by atoms with Crippen molar-refractivity contribution in [1.82, 2.24) is 0 Å². The summed E-state index contributed by atoms with van der Waals surface area (Å²) < 4.78 is 67.7. The largest absolute Gasteiger partial charge is 0.472 e. The Balaban J connectivity index is 5.13. The molecule has 3 N–H and O–H groups in total. The third kappa shape index (κ3) is 57.2. The number of aliphatic hydroxyl groups excluding tert-OH is 1. The lowest BCUT2D eigenvalue weighted by Gasteiger charge is -2.21. The summed E-state index contributed by atoms with van der Waals surface area (Å²) in [4.78, 5) is 71.8. The minimum atomic E-state index is -4.94. The fourth-order valence-electron chi connectivity index (χ4n) is 9.41. The minimum absolute atomic E-state index is 0.103. The van der Waals surface area contributed by atoms with E-state index in [-0.39, 0.29) is 25.7 Å². The molecule has 0 amide bonds. The number of ether oxygens (including phenoxy) is 4. The van der Waals surface area contributed by atoms with Gasteiger partial charge in [-0.05, 0) is 31.6 Å². The molecule has 486 valence electrons. The number of carbonyl (C=O) groups is 4. The predicted octanol–water partition coefficient (Wildman–Crippen LogP) is 17.4. The quantitative estimate of drug-likeness (QED) is 0.0222. The average Bonchev–Trinajstić information content (AvgIpc) is 3.44. The number of aliphatic hydroxyl groups is 1. The molecule has 0 spiro atoms. The topological polar surface area (TPSA) is 237 Å². The van der Waals surface area contributed by atoms with Crippen LogP contribution < -0.4 is 0 Å². The Hall–Kier alpha value is -1.94. The summed E-state index contributed by atoms with van der Waals surface area (Å²) in [6, 6.07) is 0. The van der Waals surface area contributed by atoms with Gasteiger partial charge in [-0.15, -0.1) is 0 Å². The zero-order valence-electron chi connectivity index (χ0n) is 52.6. The van der Waals surface area contributed by atoms with Crippen molar-refractivity contribution in [2.75, 3.05) is 39.6 Å². The molecule has 0 rings (SSSR count). The van der Waals surface area contributed by atoms with E-state index in [0.717, 1.165) is 115 Å². The van der Waals surface area contributed by atoms with Crippen molar-refractivity contribution < 1.29 is 80.2 Å². The molecule has 5 atom stereocenters. The maximum absolute atomic E-state index is 13.0. The Bertz CT molecular complexity index is 1600. The SMILES string of the molecule is CCCCCCCCCCCCCCCCCCCC(=O)O[C@H](COC(=O)CCCCCCCCCCCCC(C)C)COP(=O)(O)OC[C@@H](O)COP(=O)(O)OC[C@@H](COC(=O)CCCCCCC)OC(=O)CCCCCCCCC. The first-order valence-corrected chi connectivity index (χ1v) is 36.1. The van der Waals surface area contributed by atoms with E-state index in [2.05, 4.69) is 34.6 Å². The molecule has 0 aromatic rings. The number of phosphoric acid groups is 2. The molecule has 0 saturated carbocycles. The van der Waals surface area contributed by atoms with Crippen molar-refractivity contribution in [3.8, 4) is 0 Å². The van der Waals surface area contributed by atoms with E-state index >= 15 is 0 Å². The standard InChI is InChI=1S/C63H122O17P2/c1-6-9-12-15-17-18-19-20-21-22-23-24-25-30-34-39-44-49-63(68)80-59(53-74-61(66)47-42-37-33-29-27-26-28-32-36-40-45-56(4)5)55-78-82(71,72)76-51-57(64)50-75-81(69,70)77-54-58(52-73-60(65)46-41-35-14-11-8-3)79-62(67)48-43-38-31-16-13-10-7-2/h56-59,64H,6-55H2,1-5H3,(H,69,70)(H,71,72)/t57-,58+,59+/m0/s1. The van der Waals surface area contributed by atoms with Gasteiger partial charge < -0.3 is 33.8 Å². The number of hydrogen-bond donors (Lipinski definition) is 3. The summed E-state index contributed by atoms with van der Waals surface area (Å²) in [6.07, 6.45) is 40.9. The van der Waals surface area contributed by atoms with Crippen LogP contribution in [0.3, 0.4) is 0 Å². The summed E-state index contributed by atoms with van der Waals surface area (Å²) in [5.74, 6) is -1.39. The Morgan fingerprint density at radius 3 is 0.829 bits per heavy atom.